The van der Waals surface area contributed by atoms with E-state index in [0.29, 0.717) is 0 Å². The topological polar surface area (TPSA) is 38.5 Å². The van der Waals surface area contributed by atoms with Crippen molar-refractivity contribution in [3.63, 3.8) is 0 Å². The number of rotatable bonds is 6. The van der Waals surface area contributed by atoms with E-state index in [1.165, 1.54) is 0 Å². The second kappa shape index (κ2) is 8.27. The maximum absolute atomic E-state index is 5.20. The summed E-state index contributed by atoms with van der Waals surface area (Å²) in [5.41, 5.74) is 5.14. The van der Waals surface area contributed by atoms with Gasteiger partial charge in [-0.25, -0.2) is 0 Å². The van der Waals surface area contributed by atoms with Crippen molar-refractivity contribution in [2.75, 3.05) is 12.4 Å². The van der Waals surface area contributed by atoms with E-state index in [1.807, 2.05) is 97.3 Å². The Morgan fingerprint density at radius 3 is 2.25 bits per heavy atom. The Labute approximate surface area is 164 Å². The zero-order valence-electron chi connectivity index (χ0n) is 15.6. The van der Waals surface area contributed by atoms with Gasteiger partial charge in [0.25, 0.3) is 0 Å². The molecule has 0 fully saturated rings. The summed E-state index contributed by atoms with van der Waals surface area (Å²) in [6, 6.07) is 28.2. The quantitative estimate of drug-likeness (QED) is 0.426. The van der Waals surface area contributed by atoms with Crippen LogP contribution in [0.4, 0.5) is 17.1 Å². The number of anilines is 2. The lowest BCUT2D eigenvalue weighted by atomic mass is 10.2. The Kier molecular flexibility index (Phi) is 5.20. The summed E-state index contributed by atoms with van der Waals surface area (Å²) < 4.78 is 7.27. The van der Waals surface area contributed by atoms with Crippen LogP contribution in [0.2, 0.25) is 0 Å². The van der Waals surface area contributed by atoms with Crippen molar-refractivity contribution < 1.29 is 4.74 Å². The SMILES string of the molecule is COc1ccc(-n2ccc(C=Nc3ccc(Nc4ccccc4)cc3)c2)cc1. The Morgan fingerprint density at radius 2 is 1.54 bits per heavy atom. The number of ether oxygens (including phenoxy) is 1. The fraction of sp³-hybridized carbons (Fsp3) is 0.0417. The lowest BCUT2D eigenvalue weighted by molar-refractivity contribution is 0.415. The molecule has 3 aromatic carbocycles. The van der Waals surface area contributed by atoms with Crippen LogP contribution in [0.1, 0.15) is 5.56 Å². The van der Waals surface area contributed by atoms with Crippen LogP contribution in [0.3, 0.4) is 0 Å². The number of hydrogen-bond acceptors (Lipinski definition) is 3. The number of nitrogens with one attached hydrogen (secondary N) is 1. The van der Waals surface area contributed by atoms with Crippen LogP contribution in [0.25, 0.3) is 5.69 Å². The zero-order chi connectivity index (χ0) is 19.2. The molecular formula is C24H21N3O. The van der Waals surface area contributed by atoms with E-state index in [-0.39, 0.29) is 0 Å². The minimum Gasteiger partial charge on any atom is -0.497 e. The molecule has 1 aromatic heterocycles. The number of para-hydroxylation sites is 1. The van der Waals surface area contributed by atoms with E-state index < -0.39 is 0 Å². The molecule has 0 radical (unpaired) electrons. The smallest absolute Gasteiger partial charge is 0.119 e. The van der Waals surface area contributed by atoms with Gasteiger partial charge in [0.15, 0.2) is 0 Å². The molecule has 0 saturated carbocycles. The first kappa shape index (κ1) is 17.6. The predicted molar refractivity (Wildman–Crippen MR) is 116 cm³/mol. The average Bonchev–Trinajstić information content (AvgIpc) is 3.23. The van der Waals surface area contributed by atoms with Gasteiger partial charge in [0, 0.05) is 41.2 Å². The van der Waals surface area contributed by atoms with Gasteiger partial charge < -0.3 is 14.6 Å². The maximum Gasteiger partial charge on any atom is 0.119 e. The first-order valence-electron chi connectivity index (χ1n) is 9.09. The summed E-state index contributed by atoms with van der Waals surface area (Å²) in [5.74, 6) is 0.850. The van der Waals surface area contributed by atoms with Crippen molar-refractivity contribution in [1.82, 2.24) is 4.57 Å². The molecule has 0 saturated heterocycles. The molecule has 0 aliphatic heterocycles. The van der Waals surface area contributed by atoms with Crippen molar-refractivity contribution in [3.05, 3.63) is 103 Å². The van der Waals surface area contributed by atoms with Gasteiger partial charge >= 0.3 is 0 Å². The van der Waals surface area contributed by atoms with Gasteiger partial charge in [-0.05, 0) is 66.7 Å². The molecule has 0 atom stereocenters. The molecule has 4 nitrogen and oxygen atoms in total. The molecule has 4 aromatic rings. The third kappa shape index (κ3) is 4.30. The van der Waals surface area contributed by atoms with Gasteiger partial charge in [-0.15, -0.1) is 0 Å². The molecule has 1 N–H and O–H groups in total. The number of nitrogens with zero attached hydrogens (tertiary/aromatic N) is 2. The summed E-state index contributed by atoms with van der Waals surface area (Å²) >= 11 is 0. The predicted octanol–water partition coefficient (Wildman–Crippen LogP) is 5.98. The highest BCUT2D eigenvalue weighted by Gasteiger charge is 1.99. The molecule has 0 spiro atoms. The summed E-state index contributed by atoms with van der Waals surface area (Å²) in [4.78, 5) is 4.57. The van der Waals surface area contributed by atoms with E-state index >= 15 is 0 Å². The third-order valence-corrected chi connectivity index (χ3v) is 4.38. The van der Waals surface area contributed by atoms with Crippen LogP contribution in [0.5, 0.6) is 5.75 Å². The molecule has 28 heavy (non-hydrogen) atoms. The molecule has 0 unspecified atom stereocenters. The first-order valence-corrected chi connectivity index (χ1v) is 9.09. The molecule has 1 heterocycles. The number of benzene rings is 3. The monoisotopic (exact) mass is 367 g/mol. The average molecular weight is 367 g/mol. The van der Waals surface area contributed by atoms with Crippen LogP contribution in [0, 0.1) is 0 Å². The largest absolute Gasteiger partial charge is 0.497 e. The standard InChI is InChI=1S/C24H21N3O/c1-28-24-13-11-23(12-14-24)27-16-15-19(18-27)17-25-20-7-9-22(10-8-20)26-21-5-3-2-4-6-21/h2-18,26H,1H3. The lowest BCUT2D eigenvalue weighted by Gasteiger charge is -2.06. The highest BCUT2D eigenvalue weighted by molar-refractivity contribution is 5.82. The number of hydrogen-bond donors (Lipinski definition) is 1. The van der Waals surface area contributed by atoms with Crippen molar-refractivity contribution in [3.8, 4) is 11.4 Å². The van der Waals surface area contributed by atoms with Gasteiger partial charge in [0.1, 0.15) is 5.75 Å². The zero-order valence-corrected chi connectivity index (χ0v) is 15.6. The van der Waals surface area contributed by atoms with Gasteiger partial charge in [-0.2, -0.15) is 0 Å². The van der Waals surface area contributed by atoms with Gasteiger partial charge in [-0.3, -0.25) is 4.99 Å². The molecule has 0 bridgehead atoms. The number of aromatic nitrogens is 1. The van der Waals surface area contributed by atoms with Crippen LogP contribution in [0.15, 0.2) is 102 Å². The van der Waals surface area contributed by atoms with E-state index in [1.54, 1.807) is 7.11 Å². The summed E-state index contributed by atoms with van der Waals surface area (Å²) in [6.07, 6.45) is 5.95. The van der Waals surface area contributed by atoms with Gasteiger partial charge in [-0.1, -0.05) is 18.2 Å². The number of aliphatic imine (C=N–C) groups is 1. The maximum atomic E-state index is 5.20. The van der Waals surface area contributed by atoms with Crippen LogP contribution < -0.4 is 10.1 Å². The Morgan fingerprint density at radius 1 is 0.821 bits per heavy atom. The Hall–Kier alpha value is -3.79. The summed E-state index contributed by atoms with van der Waals surface area (Å²) in [7, 11) is 1.67. The van der Waals surface area contributed by atoms with E-state index in [0.717, 1.165) is 34.1 Å². The van der Waals surface area contributed by atoms with Gasteiger partial charge in [0.05, 0.1) is 12.8 Å². The molecule has 4 rings (SSSR count). The van der Waals surface area contributed by atoms with Crippen molar-refractivity contribution in [1.29, 1.82) is 0 Å². The van der Waals surface area contributed by atoms with E-state index in [9.17, 15) is 0 Å². The summed E-state index contributed by atoms with van der Waals surface area (Å²) in [6.45, 7) is 0. The van der Waals surface area contributed by atoms with Crippen molar-refractivity contribution in [2.24, 2.45) is 4.99 Å². The third-order valence-electron chi connectivity index (χ3n) is 4.38. The molecule has 138 valence electrons. The highest BCUT2D eigenvalue weighted by atomic mass is 16.5. The molecule has 0 amide bonds. The van der Waals surface area contributed by atoms with E-state index in [2.05, 4.69) is 21.1 Å². The molecule has 0 aliphatic carbocycles. The van der Waals surface area contributed by atoms with Crippen molar-refractivity contribution >= 4 is 23.3 Å². The molecular weight excluding hydrogens is 346 g/mol. The van der Waals surface area contributed by atoms with Crippen LogP contribution in [-0.2, 0) is 0 Å². The fourth-order valence-corrected chi connectivity index (χ4v) is 2.87. The second-order valence-electron chi connectivity index (χ2n) is 6.35. The Balaban J connectivity index is 1.42. The summed E-state index contributed by atoms with van der Waals surface area (Å²) in [5, 5.41) is 3.37. The normalized spacial score (nSPS) is 10.9. The fourth-order valence-electron chi connectivity index (χ4n) is 2.87. The van der Waals surface area contributed by atoms with Crippen molar-refractivity contribution in [2.45, 2.75) is 0 Å². The second-order valence-corrected chi connectivity index (χ2v) is 6.35. The van der Waals surface area contributed by atoms with Gasteiger partial charge in [0.2, 0.25) is 0 Å². The van der Waals surface area contributed by atoms with Crippen LogP contribution >= 0.6 is 0 Å². The van der Waals surface area contributed by atoms with Crippen LogP contribution in [-0.4, -0.2) is 17.9 Å². The van der Waals surface area contributed by atoms with E-state index in [4.69, 9.17) is 4.74 Å². The highest BCUT2D eigenvalue weighted by Crippen LogP contribution is 2.20. The minimum absolute atomic E-state index is 0.850. The lowest BCUT2D eigenvalue weighted by Crippen LogP contribution is -1.90. The molecule has 4 heteroatoms. The minimum atomic E-state index is 0.850. The Bertz CT molecular complexity index is 1050. The molecule has 0 aliphatic rings. The number of methoxy groups -OCH3 is 1. The first-order chi connectivity index (χ1) is 13.8.